The Morgan fingerprint density at radius 1 is 1.17 bits per heavy atom. The van der Waals surface area contributed by atoms with Crippen LogP contribution in [0.15, 0.2) is 42.7 Å². The van der Waals surface area contributed by atoms with Crippen molar-refractivity contribution in [1.82, 2.24) is 19.7 Å². The molecule has 2 heterocycles. The maximum atomic E-state index is 5.36. The molecule has 23 heavy (non-hydrogen) atoms. The third kappa shape index (κ3) is 3.31. The van der Waals surface area contributed by atoms with Crippen LogP contribution in [0.5, 0.6) is 5.75 Å². The Labute approximate surface area is 135 Å². The number of aryl methyl sites for hydroxylation is 2. The Bertz CT molecular complexity index is 812. The second-order valence-electron chi connectivity index (χ2n) is 5.27. The first-order chi connectivity index (χ1) is 11.2. The average molecular weight is 309 g/mol. The van der Waals surface area contributed by atoms with Gasteiger partial charge in [0, 0.05) is 17.8 Å². The van der Waals surface area contributed by atoms with Crippen LogP contribution in [0.3, 0.4) is 0 Å². The number of methoxy groups -OCH3 is 1. The van der Waals surface area contributed by atoms with Crippen molar-refractivity contribution in [2.24, 2.45) is 0 Å². The molecule has 0 fully saturated rings. The number of rotatable bonds is 5. The van der Waals surface area contributed by atoms with E-state index in [1.165, 1.54) is 0 Å². The highest BCUT2D eigenvalue weighted by Gasteiger charge is 2.07. The van der Waals surface area contributed by atoms with Crippen LogP contribution in [0.25, 0.3) is 5.82 Å². The first kappa shape index (κ1) is 15.0. The zero-order valence-electron chi connectivity index (χ0n) is 13.4. The van der Waals surface area contributed by atoms with E-state index in [9.17, 15) is 0 Å². The second kappa shape index (κ2) is 6.48. The largest absolute Gasteiger partial charge is 0.496 e. The van der Waals surface area contributed by atoms with Gasteiger partial charge in [-0.1, -0.05) is 18.2 Å². The van der Waals surface area contributed by atoms with Crippen molar-refractivity contribution in [2.75, 3.05) is 12.4 Å². The van der Waals surface area contributed by atoms with Crippen molar-refractivity contribution in [1.29, 1.82) is 0 Å². The van der Waals surface area contributed by atoms with Crippen molar-refractivity contribution < 1.29 is 4.74 Å². The van der Waals surface area contributed by atoms with E-state index in [1.807, 2.05) is 44.2 Å². The first-order valence-corrected chi connectivity index (χ1v) is 7.39. The molecule has 0 amide bonds. The molecule has 6 heteroatoms. The van der Waals surface area contributed by atoms with Gasteiger partial charge in [-0.25, -0.2) is 9.67 Å². The molecule has 2 aromatic heterocycles. The molecule has 3 rings (SSSR count). The maximum Gasteiger partial charge on any atom is 0.174 e. The van der Waals surface area contributed by atoms with Crippen molar-refractivity contribution >= 4 is 5.82 Å². The molecule has 1 aromatic carbocycles. The lowest BCUT2D eigenvalue weighted by Gasteiger charge is -2.10. The van der Waals surface area contributed by atoms with Gasteiger partial charge in [0.15, 0.2) is 5.82 Å². The number of nitrogens with one attached hydrogen (secondary N) is 1. The SMILES string of the molecule is COc1ccccc1CNc1cncc(-n2nc(C)cc2C)n1. The fourth-order valence-corrected chi connectivity index (χ4v) is 2.44. The lowest BCUT2D eigenvalue weighted by molar-refractivity contribution is 0.410. The normalized spacial score (nSPS) is 10.6. The highest BCUT2D eigenvalue weighted by molar-refractivity contribution is 5.40. The summed E-state index contributed by atoms with van der Waals surface area (Å²) in [6.07, 6.45) is 3.40. The van der Waals surface area contributed by atoms with Gasteiger partial charge in [-0.2, -0.15) is 5.10 Å². The van der Waals surface area contributed by atoms with Crippen LogP contribution in [0.2, 0.25) is 0 Å². The quantitative estimate of drug-likeness (QED) is 0.785. The van der Waals surface area contributed by atoms with Crippen LogP contribution in [-0.2, 0) is 6.54 Å². The van der Waals surface area contributed by atoms with E-state index in [0.29, 0.717) is 18.2 Å². The van der Waals surface area contributed by atoms with Crippen LogP contribution in [0, 0.1) is 13.8 Å². The lowest BCUT2D eigenvalue weighted by atomic mass is 10.2. The van der Waals surface area contributed by atoms with Gasteiger partial charge in [-0.05, 0) is 26.0 Å². The molecule has 3 aromatic rings. The fourth-order valence-electron chi connectivity index (χ4n) is 2.44. The van der Waals surface area contributed by atoms with Crippen LogP contribution in [0.1, 0.15) is 17.0 Å². The van der Waals surface area contributed by atoms with Gasteiger partial charge in [0.05, 0.1) is 25.2 Å². The molecule has 0 radical (unpaired) electrons. The maximum absolute atomic E-state index is 5.36. The van der Waals surface area contributed by atoms with Gasteiger partial charge < -0.3 is 10.1 Å². The number of aromatic nitrogens is 4. The molecule has 0 unspecified atom stereocenters. The van der Waals surface area contributed by atoms with Crippen LogP contribution >= 0.6 is 0 Å². The number of anilines is 1. The average Bonchev–Trinajstić information content (AvgIpc) is 2.92. The first-order valence-electron chi connectivity index (χ1n) is 7.39. The van der Waals surface area contributed by atoms with E-state index in [4.69, 9.17) is 4.74 Å². The van der Waals surface area contributed by atoms with Gasteiger partial charge in [0.1, 0.15) is 11.6 Å². The minimum Gasteiger partial charge on any atom is -0.496 e. The summed E-state index contributed by atoms with van der Waals surface area (Å²) in [5, 5.41) is 7.71. The molecular weight excluding hydrogens is 290 g/mol. The monoisotopic (exact) mass is 309 g/mol. The highest BCUT2D eigenvalue weighted by Crippen LogP contribution is 2.18. The number of ether oxygens (including phenoxy) is 1. The summed E-state index contributed by atoms with van der Waals surface area (Å²) in [6.45, 7) is 4.57. The number of nitrogens with zero attached hydrogens (tertiary/aromatic N) is 4. The van der Waals surface area contributed by atoms with Crippen LogP contribution in [-0.4, -0.2) is 26.9 Å². The van der Waals surface area contributed by atoms with Gasteiger partial charge in [-0.15, -0.1) is 0 Å². The second-order valence-corrected chi connectivity index (χ2v) is 5.27. The summed E-state index contributed by atoms with van der Waals surface area (Å²) in [5.41, 5.74) is 3.05. The summed E-state index contributed by atoms with van der Waals surface area (Å²) in [4.78, 5) is 8.82. The smallest absolute Gasteiger partial charge is 0.174 e. The van der Waals surface area contributed by atoms with Gasteiger partial charge in [0.25, 0.3) is 0 Å². The Morgan fingerprint density at radius 2 is 2.00 bits per heavy atom. The molecular formula is C17H19N5O. The zero-order valence-corrected chi connectivity index (χ0v) is 13.4. The molecule has 0 atom stereocenters. The Morgan fingerprint density at radius 3 is 2.74 bits per heavy atom. The van der Waals surface area contributed by atoms with E-state index in [-0.39, 0.29) is 0 Å². The van der Waals surface area contributed by atoms with E-state index >= 15 is 0 Å². The number of benzene rings is 1. The minimum absolute atomic E-state index is 0.610. The van der Waals surface area contributed by atoms with Crippen molar-refractivity contribution in [3.05, 3.63) is 59.7 Å². The number of para-hydroxylation sites is 1. The summed E-state index contributed by atoms with van der Waals surface area (Å²) in [5.74, 6) is 2.24. The van der Waals surface area contributed by atoms with E-state index in [2.05, 4.69) is 20.4 Å². The molecule has 0 spiro atoms. The molecule has 0 aliphatic rings. The molecule has 0 saturated heterocycles. The summed E-state index contributed by atoms with van der Waals surface area (Å²) in [6, 6.07) is 9.90. The highest BCUT2D eigenvalue weighted by atomic mass is 16.5. The van der Waals surface area contributed by atoms with Crippen molar-refractivity contribution in [3.8, 4) is 11.6 Å². The van der Waals surface area contributed by atoms with Crippen molar-refractivity contribution in [3.63, 3.8) is 0 Å². The molecule has 0 aliphatic carbocycles. The predicted molar refractivity (Wildman–Crippen MR) is 88.9 cm³/mol. The van der Waals surface area contributed by atoms with E-state index in [1.54, 1.807) is 24.2 Å². The number of hydrogen-bond acceptors (Lipinski definition) is 5. The van der Waals surface area contributed by atoms with Crippen LogP contribution in [0.4, 0.5) is 5.82 Å². The van der Waals surface area contributed by atoms with Gasteiger partial charge in [-0.3, -0.25) is 4.98 Å². The van der Waals surface area contributed by atoms with E-state index in [0.717, 1.165) is 22.7 Å². The molecule has 6 nitrogen and oxygen atoms in total. The molecule has 0 bridgehead atoms. The third-order valence-corrected chi connectivity index (χ3v) is 3.50. The summed E-state index contributed by atoms with van der Waals surface area (Å²) >= 11 is 0. The zero-order chi connectivity index (χ0) is 16.2. The fraction of sp³-hybridized carbons (Fsp3) is 0.235. The van der Waals surface area contributed by atoms with Gasteiger partial charge in [0.2, 0.25) is 0 Å². The topological polar surface area (TPSA) is 64.9 Å². The Kier molecular flexibility index (Phi) is 4.23. The number of hydrogen-bond donors (Lipinski definition) is 1. The van der Waals surface area contributed by atoms with Crippen molar-refractivity contribution in [2.45, 2.75) is 20.4 Å². The predicted octanol–water partition coefficient (Wildman–Crippen LogP) is 2.90. The molecule has 1 N–H and O–H groups in total. The third-order valence-electron chi connectivity index (χ3n) is 3.50. The molecule has 0 saturated carbocycles. The minimum atomic E-state index is 0.610. The standard InChI is InChI=1S/C17H19N5O/c1-12-8-13(2)22(21-12)17-11-18-10-16(20-17)19-9-14-6-4-5-7-15(14)23-3/h4-8,10-11H,9H2,1-3H3,(H,19,20). The summed E-state index contributed by atoms with van der Waals surface area (Å²) in [7, 11) is 1.67. The summed E-state index contributed by atoms with van der Waals surface area (Å²) < 4.78 is 7.14. The van der Waals surface area contributed by atoms with Gasteiger partial charge >= 0.3 is 0 Å². The molecule has 118 valence electrons. The Balaban J connectivity index is 1.79. The Hall–Kier alpha value is -2.89. The van der Waals surface area contributed by atoms with Crippen LogP contribution < -0.4 is 10.1 Å². The van der Waals surface area contributed by atoms with E-state index < -0.39 is 0 Å². The molecule has 0 aliphatic heterocycles. The lowest BCUT2D eigenvalue weighted by Crippen LogP contribution is -2.07.